The predicted octanol–water partition coefficient (Wildman–Crippen LogP) is 3.04. The molecule has 0 unspecified atom stereocenters. The molecule has 18 heavy (non-hydrogen) atoms. The lowest BCUT2D eigenvalue weighted by atomic mass is 10.1. The maximum Gasteiger partial charge on any atom is 0.311 e. The van der Waals surface area contributed by atoms with Crippen LogP contribution < -0.4 is 5.43 Å². The second-order valence-electron chi connectivity index (χ2n) is 4.24. The highest BCUT2D eigenvalue weighted by molar-refractivity contribution is 5.97. The number of hydrogen-bond donors (Lipinski definition) is 1. The van der Waals surface area contributed by atoms with Crippen LogP contribution in [0.15, 0.2) is 23.3 Å². The molecule has 0 aromatic heterocycles. The second-order valence-corrected chi connectivity index (χ2v) is 4.24. The van der Waals surface area contributed by atoms with E-state index in [1.54, 1.807) is 13.8 Å². The SMILES string of the molecule is CCOC(=O)C/C(C)=N/Nc1ccc(C)c(C)c1. The molecular formula is C14H20N2O2. The minimum absolute atomic E-state index is 0.214. The first-order chi connectivity index (χ1) is 8.52. The van der Waals surface area contributed by atoms with E-state index in [2.05, 4.69) is 24.4 Å². The molecule has 0 atom stereocenters. The Hall–Kier alpha value is -1.84. The maximum absolute atomic E-state index is 11.2. The standard InChI is InChI=1S/C14H20N2O2/c1-5-18-14(17)9-12(4)15-16-13-7-6-10(2)11(3)8-13/h6-8,16H,5,9H2,1-4H3/b15-12+. The summed E-state index contributed by atoms with van der Waals surface area (Å²) in [5, 5.41) is 4.15. The van der Waals surface area contributed by atoms with Crippen LogP contribution in [0, 0.1) is 13.8 Å². The van der Waals surface area contributed by atoms with Crippen LogP contribution in [0.5, 0.6) is 0 Å². The van der Waals surface area contributed by atoms with Crippen LogP contribution in [-0.4, -0.2) is 18.3 Å². The monoisotopic (exact) mass is 248 g/mol. The van der Waals surface area contributed by atoms with Gasteiger partial charge < -0.3 is 4.74 Å². The summed E-state index contributed by atoms with van der Waals surface area (Å²) >= 11 is 0. The van der Waals surface area contributed by atoms with E-state index in [0.29, 0.717) is 12.3 Å². The van der Waals surface area contributed by atoms with Gasteiger partial charge in [-0.15, -0.1) is 0 Å². The molecule has 0 amide bonds. The summed E-state index contributed by atoms with van der Waals surface area (Å²) in [6.07, 6.45) is 0.214. The minimum Gasteiger partial charge on any atom is -0.466 e. The van der Waals surface area contributed by atoms with Gasteiger partial charge in [-0.05, 0) is 51.0 Å². The van der Waals surface area contributed by atoms with Gasteiger partial charge in [-0.1, -0.05) is 6.07 Å². The highest BCUT2D eigenvalue weighted by Crippen LogP contribution is 2.14. The van der Waals surface area contributed by atoms with Crippen molar-refractivity contribution in [2.24, 2.45) is 5.10 Å². The first-order valence-corrected chi connectivity index (χ1v) is 6.05. The van der Waals surface area contributed by atoms with E-state index >= 15 is 0 Å². The average Bonchev–Trinajstić information content (AvgIpc) is 2.31. The number of hydrogen-bond acceptors (Lipinski definition) is 4. The Morgan fingerprint density at radius 1 is 1.33 bits per heavy atom. The van der Waals surface area contributed by atoms with Crippen molar-refractivity contribution in [3.63, 3.8) is 0 Å². The molecule has 0 aliphatic rings. The van der Waals surface area contributed by atoms with Crippen molar-refractivity contribution in [3.05, 3.63) is 29.3 Å². The number of anilines is 1. The number of hydrazone groups is 1. The summed E-state index contributed by atoms with van der Waals surface area (Å²) in [5.41, 5.74) is 7.01. The van der Waals surface area contributed by atoms with Crippen molar-refractivity contribution >= 4 is 17.4 Å². The van der Waals surface area contributed by atoms with E-state index in [-0.39, 0.29) is 12.4 Å². The lowest BCUT2D eigenvalue weighted by Crippen LogP contribution is -2.10. The van der Waals surface area contributed by atoms with Crippen LogP contribution in [0.2, 0.25) is 0 Å². The molecule has 0 spiro atoms. The number of carbonyl (C=O) groups excluding carboxylic acids is 1. The number of nitrogens with zero attached hydrogens (tertiary/aromatic N) is 1. The third kappa shape index (κ3) is 4.57. The van der Waals surface area contributed by atoms with Crippen LogP contribution >= 0.6 is 0 Å². The van der Waals surface area contributed by atoms with Crippen LogP contribution in [0.4, 0.5) is 5.69 Å². The zero-order valence-corrected chi connectivity index (χ0v) is 11.4. The fraction of sp³-hybridized carbons (Fsp3) is 0.429. The van der Waals surface area contributed by atoms with Gasteiger partial charge in [0.2, 0.25) is 0 Å². The van der Waals surface area contributed by atoms with Gasteiger partial charge in [-0.25, -0.2) is 0 Å². The number of benzene rings is 1. The van der Waals surface area contributed by atoms with Gasteiger partial charge in [0, 0.05) is 5.71 Å². The van der Waals surface area contributed by atoms with Gasteiger partial charge in [-0.2, -0.15) is 5.10 Å². The Labute approximate surface area is 108 Å². The van der Waals surface area contributed by atoms with Gasteiger partial charge in [0.1, 0.15) is 0 Å². The van der Waals surface area contributed by atoms with Crippen molar-refractivity contribution in [2.75, 3.05) is 12.0 Å². The number of esters is 1. The summed E-state index contributed by atoms with van der Waals surface area (Å²) in [6.45, 7) is 8.10. The highest BCUT2D eigenvalue weighted by Gasteiger charge is 2.03. The average molecular weight is 248 g/mol. The Morgan fingerprint density at radius 2 is 2.06 bits per heavy atom. The van der Waals surface area contributed by atoms with Gasteiger partial charge in [0.05, 0.1) is 18.7 Å². The molecule has 4 heteroatoms. The van der Waals surface area contributed by atoms with Crippen LogP contribution in [0.3, 0.4) is 0 Å². The van der Waals surface area contributed by atoms with Crippen molar-refractivity contribution in [1.82, 2.24) is 0 Å². The van der Waals surface area contributed by atoms with Gasteiger partial charge in [0.25, 0.3) is 0 Å². The van der Waals surface area contributed by atoms with Crippen molar-refractivity contribution in [1.29, 1.82) is 0 Å². The highest BCUT2D eigenvalue weighted by atomic mass is 16.5. The van der Waals surface area contributed by atoms with Crippen molar-refractivity contribution < 1.29 is 9.53 Å². The molecular weight excluding hydrogens is 228 g/mol. The van der Waals surface area contributed by atoms with Crippen LogP contribution in [0.1, 0.15) is 31.4 Å². The molecule has 0 fully saturated rings. The summed E-state index contributed by atoms with van der Waals surface area (Å²) in [5.74, 6) is -0.249. The number of rotatable bonds is 5. The molecule has 0 saturated carbocycles. The van der Waals surface area contributed by atoms with Gasteiger partial charge in [-0.3, -0.25) is 10.2 Å². The van der Waals surface area contributed by atoms with Crippen molar-refractivity contribution in [2.45, 2.75) is 34.1 Å². The lowest BCUT2D eigenvalue weighted by Gasteiger charge is -2.06. The third-order valence-electron chi connectivity index (χ3n) is 2.59. The predicted molar refractivity (Wildman–Crippen MR) is 73.9 cm³/mol. The molecule has 4 nitrogen and oxygen atoms in total. The normalized spacial score (nSPS) is 11.2. The number of carbonyl (C=O) groups is 1. The molecule has 1 aromatic rings. The Balaban J connectivity index is 2.57. The van der Waals surface area contributed by atoms with E-state index in [1.165, 1.54) is 11.1 Å². The molecule has 0 radical (unpaired) electrons. The molecule has 0 heterocycles. The number of nitrogens with one attached hydrogen (secondary N) is 1. The van der Waals surface area contributed by atoms with Gasteiger partial charge >= 0.3 is 5.97 Å². The summed E-state index contributed by atoms with van der Waals surface area (Å²) < 4.78 is 4.85. The smallest absolute Gasteiger partial charge is 0.311 e. The number of aryl methyl sites for hydroxylation is 2. The number of ether oxygens (including phenoxy) is 1. The molecule has 0 aliphatic heterocycles. The molecule has 0 saturated heterocycles. The third-order valence-corrected chi connectivity index (χ3v) is 2.59. The first-order valence-electron chi connectivity index (χ1n) is 6.05. The van der Waals surface area contributed by atoms with E-state index < -0.39 is 0 Å². The summed E-state index contributed by atoms with van der Waals surface area (Å²) in [7, 11) is 0. The van der Waals surface area contributed by atoms with E-state index in [9.17, 15) is 4.79 Å². The molecule has 0 aliphatic carbocycles. The zero-order valence-electron chi connectivity index (χ0n) is 11.4. The summed E-state index contributed by atoms with van der Waals surface area (Å²) in [6, 6.07) is 6.02. The largest absolute Gasteiger partial charge is 0.466 e. The lowest BCUT2D eigenvalue weighted by molar-refractivity contribution is -0.141. The fourth-order valence-electron chi connectivity index (χ4n) is 1.43. The van der Waals surface area contributed by atoms with Crippen LogP contribution in [-0.2, 0) is 9.53 Å². The van der Waals surface area contributed by atoms with E-state index in [4.69, 9.17) is 4.74 Å². The first kappa shape index (κ1) is 14.2. The van der Waals surface area contributed by atoms with E-state index in [0.717, 1.165) is 5.69 Å². The molecule has 0 bridgehead atoms. The van der Waals surface area contributed by atoms with Crippen LogP contribution in [0.25, 0.3) is 0 Å². The minimum atomic E-state index is -0.249. The topological polar surface area (TPSA) is 50.7 Å². The van der Waals surface area contributed by atoms with Gasteiger partial charge in [0.15, 0.2) is 0 Å². The zero-order chi connectivity index (χ0) is 13.5. The van der Waals surface area contributed by atoms with Crippen molar-refractivity contribution in [3.8, 4) is 0 Å². The second kappa shape index (κ2) is 6.79. The fourth-order valence-corrected chi connectivity index (χ4v) is 1.43. The quantitative estimate of drug-likeness (QED) is 0.495. The maximum atomic E-state index is 11.2. The van der Waals surface area contributed by atoms with E-state index in [1.807, 2.05) is 18.2 Å². The summed E-state index contributed by atoms with van der Waals surface area (Å²) in [4.78, 5) is 11.2. The molecule has 98 valence electrons. The molecule has 1 N–H and O–H groups in total. The molecule has 1 rings (SSSR count). The Bertz CT molecular complexity index is 453. The molecule has 1 aromatic carbocycles. The Morgan fingerprint density at radius 3 is 2.67 bits per heavy atom. The Kier molecular flexibility index (Phi) is 5.36.